The molecular formula is C18H18N4O2. The fourth-order valence-electron chi connectivity index (χ4n) is 2.47. The molecule has 5 N–H and O–H groups in total. The van der Waals surface area contributed by atoms with Gasteiger partial charge in [0.1, 0.15) is 5.75 Å². The Kier molecular flexibility index (Phi) is 4.20. The molecule has 0 bridgehead atoms. The SMILES string of the molecule is C[C@@H](NC(=O)C=Cc1ccc2[nH]nc(N)c2c1)c1cccc(O)c1. The predicted molar refractivity (Wildman–Crippen MR) is 94.2 cm³/mol. The van der Waals surface area contributed by atoms with Crippen molar-refractivity contribution >= 4 is 28.7 Å². The highest BCUT2D eigenvalue weighted by Gasteiger charge is 2.08. The van der Waals surface area contributed by atoms with Crippen molar-refractivity contribution in [3.63, 3.8) is 0 Å². The van der Waals surface area contributed by atoms with Crippen LogP contribution in [0.2, 0.25) is 0 Å². The third-order valence-electron chi connectivity index (χ3n) is 3.77. The third kappa shape index (κ3) is 3.38. The number of hydrogen-bond donors (Lipinski definition) is 4. The van der Waals surface area contributed by atoms with Gasteiger partial charge in [-0.3, -0.25) is 9.89 Å². The number of aromatic amines is 1. The van der Waals surface area contributed by atoms with Crippen LogP contribution in [0.15, 0.2) is 48.5 Å². The molecule has 0 radical (unpaired) electrons. The Balaban J connectivity index is 1.68. The number of H-pyrrole nitrogens is 1. The molecule has 6 nitrogen and oxygen atoms in total. The van der Waals surface area contributed by atoms with Crippen molar-refractivity contribution in [2.75, 3.05) is 5.73 Å². The van der Waals surface area contributed by atoms with E-state index in [-0.39, 0.29) is 17.7 Å². The lowest BCUT2D eigenvalue weighted by Gasteiger charge is -2.13. The zero-order valence-electron chi connectivity index (χ0n) is 13.2. The third-order valence-corrected chi connectivity index (χ3v) is 3.77. The number of carbonyl (C=O) groups excluding carboxylic acids is 1. The Hall–Kier alpha value is -3.28. The molecule has 3 rings (SSSR count). The highest BCUT2D eigenvalue weighted by molar-refractivity contribution is 5.94. The summed E-state index contributed by atoms with van der Waals surface area (Å²) in [7, 11) is 0. The van der Waals surface area contributed by atoms with Gasteiger partial charge in [0.25, 0.3) is 0 Å². The quantitative estimate of drug-likeness (QED) is 0.554. The summed E-state index contributed by atoms with van der Waals surface area (Å²) in [5, 5.41) is 19.9. The highest BCUT2D eigenvalue weighted by atomic mass is 16.3. The fourth-order valence-corrected chi connectivity index (χ4v) is 2.47. The van der Waals surface area contributed by atoms with Gasteiger partial charge >= 0.3 is 0 Å². The summed E-state index contributed by atoms with van der Waals surface area (Å²) in [5.74, 6) is 0.392. The summed E-state index contributed by atoms with van der Waals surface area (Å²) < 4.78 is 0. The van der Waals surface area contributed by atoms with Crippen LogP contribution in [0, 0.1) is 0 Å². The molecule has 2 aromatic carbocycles. The van der Waals surface area contributed by atoms with E-state index in [9.17, 15) is 9.90 Å². The zero-order chi connectivity index (χ0) is 17.1. The molecule has 122 valence electrons. The number of fused-ring (bicyclic) bond motifs is 1. The number of aromatic hydroxyl groups is 1. The maximum atomic E-state index is 12.1. The molecule has 0 aliphatic rings. The second-order valence-electron chi connectivity index (χ2n) is 5.57. The van der Waals surface area contributed by atoms with E-state index in [1.54, 1.807) is 24.3 Å². The lowest BCUT2D eigenvalue weighted by atomic mass is 10.1. The van der Waals surface area contributed by atoms with Crippen LogP contribution in [-0.4, -0.2) is 21.2 Å². The Morgan fingerprint density at radius 3 is 2.96 bits per heavy atom. The monoisotopic (exact) mass is 322 g/mol. The lowest BCUT2D eigenvalue weighted by molar-refractivity contribution is -0.117. The lowest BCUT2D eigenvalue weighted by Crippen LogP contribution is -2.24. The number of phenolic OH excluding ortho intramolecular Hbond substituents is 1. The second kappa shape index (κ2) is 6.45. The minimum atomic E-state index is -0.217. The van der Waals surface area contributed by atoms with E-state index in [4.69, 9.17) is 5.73 Å². The summed E-state index contributed by atoms with van der Waals surface area (Å²) in [4.78, 5) is 12.1. The molecule has 0 unspecified atom stereocenters. The standard InChI is InChI=1S/C18H18N4O2/c1-11(13-3-2-4-14(23)10-13)20-17(24)8-6-12-5-7-16-15(9-12)18(19)22-21-16/h2-11,23H,1H3,(H,20,24)(H3,19,21,22)/t11-/m1/s1. The summed E-state index contributed by atoms with van der Waals surface area (Å²) in [6.07, 6.45) is 3.19. The van der Waals surface area contributed by atoms with Gasteiger partial charge in [-0.15, -0.1) is 0 Å². The van der Waals surface area contributed by atoms with Gasteiger partial charge in [0.15, 0.2) is 5.82 Å². The largest absolute Gasteiger partial charge is 0.508 e. The Morgan fingerprint density at radius 2 is 2.17 bits per heavy atom. The summed E-state index contributed by atoms with van der Waals surface area (Å²) in [6, 6.07) is 12.2. The molecule has 0 aliphatic heterocycles. The number of hydrogen-bond acceptors (Lipinski definition) is 4. The molecule has 0 saturated heterocycles. The van der Waals surface area contributed by atoms with Gasteiger partial charge in [0.2, 0.25) is 5.91 Å². The van der Waals surface area contributed by atoms with E-state index >= 15 is 0 Å². The first-order chi connectivity index (χ1) is 11.5. The van der Waals surface area contributed by atoms with Crippen LogP contribution in [0.1, 0.15) is 24.1 Å². The predicted octanol–water partition coefficient (Wildman–Crippen LogP) is 2.74. The number of nitrogens with two attached hydrogens (primary N) is 1. The van der Waals surface area contributed by atoms with E-state index in [0.29, 0.717) is 5.82 Å². The summed E-state index contributed by atoms with van der Waals surface area (Å²) in [5.41, 5.74) is 8.33. The minimum Gasteiger partial charge on any atom is -0.508 e. The van der Waals surface area contributed by atoms with E-state index in [1.807, 2.05) is 31.2 Å². The highest BCUT2D eigenvalue weighted by Crippen LogP contribution is 2.20. The number of phenols is 1. The van der Waals surface area contributed by atoms with Crippen LogP contribution in [0.25, 0.3) is 17.0 Å². The van der Waals surface area contributed by atoms with Crippen LogP contribution in [0.3, 0.4) is 0 Å². The zero-order valence-corrected chi connectivity index (χ0v) is 13.2. The van der Waals surface area contributed by atoms with Crippen LogP contribution < -0.4 is 11.1 Å². The molecule has 6 heteroatoms. The first kappa shape index (κ1) is 15.6. The summed E-state index contributed by atoms with van der Waals surface area (Å²) in [6.45, 7) is 1.86. The normalized spacial score (nSPS) is 12.5. The van der Waals surface area contributed by atoms with Crippen LogP contribution >= 0.6 is 0 Å². The maximum absolute atomic E-state index is 12.1. The fraction of sp³-hybridized carbons (Fsp3) is 0.111. The van der Waals surface area contributed by atoms with Gasteiger partial charge in [-0.25, -0.2) is 0 Å². The van der Waals surface area contributed by atoms with Gasteiger partial charge in [0.05, 0.1) is 11.6 Å². The number of benzene rings is 2. The van der Waals surface area contributed by atoms with Gasteiger partial charge < -0.3 is 16.2 Å². The van der Waals surface area contributed by atoms with Crippen molar-refractivity contribution < 1.29 is 9.90 Å². The number of amides is 1. The Bertz CT molecular complexity index is 914. The minimum absolute atomic E-state index is 0.176. The van der Waals surface area contributed by atoms with Gasteiger partial charge in [-0.1, -0.05) is 18.2 Å². The topological polar surface area (TPSA) is 104 Å². The number of nitrogen functional groups attached to an aromatic ring is 1. The van der Waals surface area contributed by atoms with Gasteiger partial charge in [-0.2, -0.15) is 5.10 Å². The number of nitrogens with zero attached hydrogens (tertiary/aromatic N) is 1. The van der Waals surface area contributed by atoms with Crippen molar-refractivity contribution in [2.45, 2.75) is 13.0 Å². The molecule has 1 amide bonds. The smallest absolute Gasteiger partial charge is 0.244 e. The van der Waals surface area contributed by atoms with Crippen molar-refractivity contribution in [3.05, 3.63) is 59.7 Å². The molecule has 0 saturated carbocycles. The molecule has 0 fully saturated rings. The molecule has 1 atom stereocenters. The molecule has 1 aromatic heterocycles. The molecule has 24 heavy (non-hydrogen) atoms. The average molecular weight is 322 g/mol. The van der Waals surface area contributed by atoms with Crippen LogP contribution in [-0.2, 0) is 4.79 Å². The molecule has 0 spiro atoms. The molecule has 3 aromatic rings. The molecular weight excluding hydrogens is 304 g/mol. The first-order valence-electron chi connectivity index (χ1n) is 7.54. The van der Waals surface area contributed by atoms with E-state index < -0.39 is 0 Å². The number of carbonyl (C=O) groups is 1. The van der Waals surface area contributed by atoms with E-state index in [2.05, 4.69) is 15.5 Å². The van der Waals surface area contributed by atoms with Gasteiger partial charge in [-0.05, 0) is 48.4 Å². The molecule has 0 aliphatic carbocycles. The second-order valence-corrected chi connectivity index (χ2v) is 5.57. The number of nitrogens with one attached hydrogen (secondary N) is 2. The maximum Gasteiger partial charge on any atom is 0.244 e. The van der Waals surface area contributed by atoms with Crippen molar-refractivity contribution in [2.24, 2.45) is 0 Å². The summed E-state index contributed by atoms with van der Waals surface area (Å²) >= 11 is 0. The number of rotatable bonds is 4. The average Bonchev–Trinajstić information content (AvgIpc) is 2.94. The first-order valence-corrected chi connectivity index (χ1v) is 7.54. The van der Waals surface area contributed by atoms with E-state index in [1.165, 1.54) is 6.08 Å². The van der Waals surface area contributed by atoms with Crippen molar-refractivity contribution in [1.82, 2.24) is 15.5 Å². The Labute approximate surface area is 139 Å². The van der Waals surface area contributed by atoms with E-state index in [0.717, 1.165) is 22.0 Å². The van der Waals surface area contributed by atoms with Crippen LogP contribution in [0.4, 0.5) is 5.82 Å². The Morgan fingerprint density at radius 1 is 1.33 bits per heavy atom. The molecule has 1 heterocycles. The van der Waals surface area contributed by atoms with Crippen molar-refractivity contribution in [3.8, 4) is 5.75 Å². The van der Waals surface area contributed by atoms with Crippen LogP contribution in [0.5, 0.6) is 5.75 Å². The number of aromatic nitrogens is 2. The van der Waals surface area contributed by atoms with Crippen molar-refractivity contribution in [1.29, 1.82) is 0 Å². The van der Waals surface area contributed by atoms with Gasteiger partial charge in [0, 0.05) is 11.5 Å². The number of anilines is 1.